The van der Waals surface area contributed by atoms with Gasteiger partial charge >= 0.3 is 0 Å². The zero-order valence-corrected chi connectivity index (χ0v) is 19.9. The highest BCUT2D eigenvalue weighted by Gasteiger charge is 2.17. The molecule has 7 nitrogen and oxygen atoms in total. The summed E-state index contributed by atoms with van der Waals surface area (Å²) in [5.41, 5.74) is 2.07. The molecule has 1 N–H and O–H groups in total. The molecular formula is C24H22ClN3O4S. The highest BCUT2D eigenvalue weighted by molar-refractivity contribution is 7.22. The van der Waals surface area contributed by atoms with Crippen molar-refractivity contribution in [3.05, 3.63) is 75.8 Å². The van der Waals surface area contributed by atoms with Crippen molar-refractivity contribution in [3.63, 3.8) is 0 Å². The zero-order chi connectivity index (χ0) is 23.5. The highest BCUT2D eigenvalue weighted by atomic mass is 35.5. The number of thiophene rings is 1. The molecule has 0 spiro atoms. The molecule has 0 radical (unpaired) electrons. The first-order valence-electron chi connectivity index (χ1n) is 10.2. The summed E-state index contributed by atoms with van der Waals surface area (Å²) in [6, 6.07) is 14.3. The number of aromatic nitrogens is 2. The van der Waals surface area contributed by atoms with Crippen LogP contribution < -0.4 is 20.3 Å². The molecule has 0 fully saturated rings. The Balaban J connectivity index is 1.54. The lowest BCUT2D eigenvalue weighted by Gasteiger charge is -2.18. The fraction of sp³-hybridized carbons (Fsp3) is 0.208. The van der Waals surface area contributed by atoms with Crippen LogP contribution in [0, 0.1) is 0 Å². The smallest absolute Gasteiger partial charge is 0.271 e. The number of hydrogen-bond acceptors (Lipinski definition) is 6. The van der Waals surface area contributed by atoms with Crippen molar-refractivity contribution in [1.82, 2.24) is 14.9 Å². The monoisotopic (exact) mass is 483 g/mol. The van der Waals surface area contributed by atoms with E-state index in [0.29, 0.717) is 26.7 Å². The van der Waals surface area contributed by atoms with Crippen LogP contribution >= 0.6 is 22.9 Å². The molecule has 33 heavy (non-hydrogen) atoms. The third-order valence-corrected chi connectivity index (χ3v) is 6.64. The minimum atomic E-state index is -0.354. The molecule has 4 aromatic rings. The third kappa shape index (κ3) is 4.86. The number of carbonyl (C=O) groups excluding carboxylic acids is 1. The number of benzene rings is 2. The topological polar surface area (TPSA) is 82.4 Å². The molecule has 1 amide bonds. The highest BCUT2D eigenvalue weighted by Crippen LogP contribution is 2.32. The van der Waals surface area contributed by atoms with Gasteiger partial charge in [0.2, 0.25) is 5.91 Å². The molecule has 0 aliphatic heterocycles. The Morgan fingerprint density at radius 1 is 1.15 bits per heavy atom. The van der Waals surface area contributed by atoms with Gasteiger partial charge in [-0.1, -0.05) is 23.7 Å². The van der Waals surface area contributed by atoms with E-state index >= 15 is 0 Å². The van der Waals surface area contributed by atoms with Crippen molar-refractivity contribution in [2.75, 3.05) is 14.2 Å². The SMILES string of the molecule is COc1ccc(OC)c([C@H](C)NC(=O)Cn2cnc3cc(-c4ccc(Cl)cc4)sc3c2=O)c1. The van der Waals surface area contributed by atoms with Crippen LogP contribution in [-0.4, -0.2) is 29.7 Å². The lowest BCUT2D eigenvalue weighted by Crippen LogP contribution is -2.33. The lowest BCUT2D eigenvalue weighted by atomic mass is 10.1. The quantitative estimate of drug-likeness (QED) is 0.413. The van der Waals surface area contributed by atoms with E-state index in [9.17, 15) is 9.59 Å². The largest absolute Gasteiger partial charge is 0.497 e. The van der Waals surface area contributed by atoms with Gasteiger partial charge in [0, 0.05) is 15.5 Å². The van der Waals surface area contributed by atoms with Crippen LogP contribution in [-0.2, 0) is 11.3 Å². The van der Waals surface area contributed by atoms with Gasteiger partial charge in [-0.2, -0.15) is 0 Å². The Bertz CT molecular complexity index is 1360. The summed E-state index contributed by atoms with van der Waals surface area (Å²) < 4.78 is 12.5. The summed E-state index contributed by atoms with van der Waals surface area (Å²) in [5, 5.41) is 3.56. The predicted molar refractivity (Wildman–Crippen MR) is 130 cm³/mol. The number of rotatable bonds is 7. The van der Waals surface area contributed by atoms with Crippen molar-refractivity contribution in [3.8, 4) is 21.9 Å². The van der Waals surface area contributed by atoms with Crippen LogP contribution in [0.3, 0.4) is 0 Å². The maximum atomic E-state index is 13.0. The average molecular weight is 484 g/mol. The van der Waals surface area contributed by atoms with Crippen molar-refractivity contribution in [1.29, 1.82) is 0 Å². The number of nitrogens with zero attached hydrogens (tertiary/aromatic N) is 2. The van der Waals surface area contributed by atoms with Gasteiger partial charge in [-0.25, -0.2) is 4.98 Å². The standard InChI is InChI=1S/C24H22ClN3O4S/c1-14(18-10-17(31-2)8-9-20(18)32-3)27-22(29)12-28-13-26-19-11-21(33-23(19)24(28)30)15-4-6-16(25)7-5-15/h4-11,13-14H,12H2,1-3H3,(H,27,29)/t14-/m0/s1. The van der Waals surface area contributed by atoms with Gasteiger partial charge in [0.05, 0.1) is 32.1 Å². The Labute approximate surface area is 199 Å². The fourth-order valence-corrected chi connectivity index (χ4v) is 4.70. The zero-order valence-electron chi connectivity index (χ0n) is 18.3. The lowest BCUT2D eigenvalue weighted by molar-refractivity contribution is -0.122. The van der Waals surface area contributed by atoms with Gasteiger partial charge in [0.25, 0.3) is 5.56 Å². The summed E-state index contributed by atoms with van der Waals surface area (Å²) in [4.78, 5) is 31.0. The number of halogens is 1. The molecule has 0 aliphatic rings. The van der Waals surface area contributed by atoms with E-state index < -0.39 is 0 Å². The number of carbonyl (C=O) groups is 1. The second-order valence-electron chi connectivity index (χ2n) is 7.41. The molecular weight excluding hydrogens is 462 g/mol. The molecule has 0 bridgehead atoms. The molecule has 0 aliphatic carbocycles. The summed E-state index contributed by atoms with van der Waals surface area (Å²) in [7, 11) is 3.15. The van der Waals surface area contributed by atoms with E-state index in [1.54, 1.807) is 38.5 Å². The van der Waals surface area contributed by atoms with E-state index in [0.717, 1.165) is 16.0 Å². The van der Waals surface area contributed by atoms with Crippen LogP contribution in [0.5, 0.6) is 11.5 Å². The molecule has 0 saturated heterocycles. The molecule has 1 atom stereocenters. The molecule has 0 saturated carbocycles. The van der Waals surface area contributed by atoms with Crippen LogP contribution in [0.4, 0.5) is 0 Å². The van der Waals surface area contributed by atoms with Gasteiger partial charge in [-0.3, -0.25) is 14.2 Å². The minimum absolute atomic E-state index is 0.146. The molecule has 2 aromatic carbocycles. The summed E-state index contributed by atoms with van der Waals surface area (Å²) in [6.07, 6.45) is 1.40. The first kappa shape index (κ1) is 22.8. The van der Waals surface area contributed by atoms with Gasteiger partial charge in [-0.15, -0.1) is 11.3 Å². The second-order valence-corrected chi connectivity index (χ2v) is 8.90. The molecule has 170 valence electrons. The minimum Gasteiger partial charge on any atom is -0.497 e. The van der Waals surface area contributed by atoms with Crippen LogP contribution in [0.25, 0.3) is 20.7 Å². The normalized spacial score (nSPS) is 11.9. The Kier molecular flexibility index (Phi) is 6.67. The number of nitrogens with one attached hydrogen (secondary N) is 1. The molecule has 2 heterocycles. The van der Waals surface area contributed by atoms with E-state index in [-0.39, 0.29) is 24.1 Å². The van der Waals surface area contributed by atoms with Crippen molar-refractivity contribution in [2.45, 2.75) is 19.5 Å². The number of methoxy groups -OCH3 is 2. The van der Waals surface area contributed by atoms with Gasteiger partial charge < -0.3 is 14.8 Å². The molecule has 0 unspecified atom stereocenters. The van der Waals surface area contributed by atoms with Crippen LogP contribution in [0.2, 0.25) is 5.02 Å². The molecule has 9 heteroatoms. The number of ether oxygens (including phenoxy) is 2. The van der Waals surface area contributed by atoms with Crippen molar-refractivity contribution >= 4 is 39.1 Å². The maximum absolute atomic E-state index is 13.0. The first-order chi connectivity index (χ1) is 15.9. The van der Waals surface area contributed by atoms with Gasteiger partial charge in [0.1, 0.15) is 22.7 Å². The first-order valence-corrected chi connectivity index (χ1v) is 11.3. The van der Waals surface area contributed by atoms with E-state index in [1.165, 1.54) is 22.2 Å². The Morgan fingerprint density at radius 2 is 1.91 bits per heavy atom. The van der Waals surface area contributed by atoms with Crippen LogP contribution in [0.15, 0.2) is 59.7 Å². The van der Waals surface area contributed by atoms with Crippen molar-refractivity contribution in [2.24, 2.45) is 0 Å². The fourth-order valence-electron chi connectivity index (χ4n) is 3.51. The van der Waals surface area contributed by atoms with E-state index in [2.05, 4.69) is 10.3 Å². The number of amides is 1. The summed E-state index contributed by atoms with van der Waals surface area (Å²) in [5.74, 6) is 0.981. The average Bonchev–Trinajstić information content (AvgIpc) is 3.26. The van der Waals surface area contributed by atoms with Gasteiger partial charge in [0.15, 0.2) is 0 Å². The molecule has 2 aromatic heterocycles. The van der Waals surface area contributed by atoms with Crippen LogP contribution in [0.1, 0.15) is 18.5 Å². The maximum Gasteiger partial charge on any atom is 0.271 e. The Morgan fingerprint density at radius 3 is 2.61 bits per heavy atom. The van der Waals surface area contributed by atoms with E-state index in [4.69, 9.17) is 21.1 Å². The Hall–Kier alpha value is -3.36. The summed E-state index contributed by atoms with van der Waals surface area (Å²) in [6.45, 7) is 1.70. The number of fused-ring (bicyclic) bond motifs is 1. The third-order valence-electron chi connectivity index (χ3n) is 5.23. The summed E-state index contributed by atoms with van der Waals surface area (Å²) >= 11 is 7.31. The van der Waals surface area contributed by atoms with E-state index in [1.807, 2.05) is 31.2 Å². The predicted octanol–water partition coefficient (Wildman–Crippen LogP) is 4.67. The molecule has 4 rings (SSSR count). The second kappa shape index (κ2) is 9.64. The van der Waals surface area contributed by atoms with Crippen molar-refractivity contribution < 1.29 is 14.3 Å². The van der Waals surface area contributed by atoms with Gasteiger partial charge in [-0.05, 0) is 48.9 Å². The number of hydrogen-bond donors (Lipinski definition) is 1.